The minimum atomic E-state index is -2.79. The topological polar surface area (TPSA) is 21.3 Å². The molecule has 0 unspecified atom stereocenters. The Morgan fingerprint density at radius 3 is 2.55 bits per heavy atom. The van der Waals surface area contributed by atoms with Crippen molar-refractivity contribution in [1.82, 2.24) is 5.32 Å². The van der Waals surface area contributed by atoms with Crippen LogP contribution in [0.5, 0.6) is 5.75 Å². The fourth-order valence-electron chi connectivity index (χ4n) is 1.89. The van der Waals surface area contributed by atoms with Crippen LogP contribution < -0.4 is 10.1 Å². The Kier molecular flexibility index (Phi) is 5.49. The molecule has 0 fully saturated rings. The number of ether oxygens (including phenoxy) is 1. The van der Waals surface area contributed by atoms with Gasteiger partial charge in [-0.2, -0.15) is 8.78 Å². The lowest BCUT2D eigenvalue weighted by Gasteiger charge is -2.10. The van der Waals surface area contributed by atoms with Crippen molar-refractivity contribution in [3.8, 4) is 5.75 Å². The molecule has 1 N–H and O–H groups in total. The van der Waals surface area contributed by atoms with E-state index in [1.165, 1.54) is 9.75 Å². The van der Waals surface area contributed by atoms with Crippen LogP contribution in [0.3, 0.4) is 0 Å². The Labute approximate surface area is 121 Å². The number of alkyl halides is 2. The molecule has 2 rings (SSSR count). The Morgan fingerprint density at radius 1 is 1.10 bits per heavy atom. The van der Waals surface area contributed by atoms with Crippen molar-refractivity contribution in [2.45, 2.75) is 33.0 Å². The van der Waals surface area contributed by atoms with Crippen LogP contribution in [0, 0.1) is 0 Å². The van der Waals surface area contributed by atoms with Gasteiger partial charge in [0.05, 0.1) is 0 Å². The number of halogens is 2. The first-order valence-electron chi connectivity index (χ1n) is 6.50. The second-order valence-corrected chi connectivity index (χ2v) is 5.56. The summed E-state index contributed by atoms with van der Waals surface area (Å²) >= 11 is 1.77. The number of hydrogen-bond acceptors (Lipinski definition) is 3. The maximum absolute atomic E-state index is 12.3. The highest BCUT2D eigenvalue weighted by atomic mass is 32.1. The summed E-state index contributed by atoms with van der Waals surface area (Å²) < 4.78 is 29.1. The Bertz CT molecular complexity index is 542. The molecule has 0 amide bonds. The predicted octanol–water partition coefficient (Wildman–Crippen LogP) is 4.20. The van der Waals surface area contributed by atoms with E-state index in [-0.39, 0.29) is 5.75 Å². The van der Waals surface area contributed by atoms with Crippen molar-refractivity contribution in [3.63, 3.8) is 0 Å². The van der Waals surface area contributed by atoms with E-state index in [9.17, 15) is 8.78 Å². The summed E-state index contributed by atoms with van der Waals surface area (Å²) in [6, 6.07) is 11.1. The minimum absolute atomic E-state index is 0.232. The molecule has 2 aromatic rings. The monoisotopic (exact) mass is 297 g/mol. The molecule has 0 atom stereocenters. The molecular formula is C15H17F2NOS. The van der Waals surface area contributed by atoms with Gasteiger partial charge in [0, 0.05) is 28.4 Å². The standard InChI is InChI=1S/C15H17F2NOS/c1-2-12-7-8-13(20-12)10-18-9-11-5-3-4-6-14(11)19-15(16)17/h3-8,15,18H,2,9-10H2,1H3. The summed E-state index contributed by atoms with van der Waals surface area (Å²) in [7, 11) is 0. The zero-order valence-electron chi connectivity index (χ0n) is 11.2. The number of nitrogens with one attached hydrogen (secondary N) is 1. The quantitative estimate of drug-likeness (QED) is 0.827. The van der Waals surface area contributed by atoms with Crippen LogP contribution in [-0.2, 0) is 19.5 Å². The largest absolute Gasteiger partial charge is 0.434 e. The first-order chi connectivity index (χ1) is 9.69. The first-order valence-corrected chi connectivity index (χ1v) is 7.31. The molecule has 108 valence electrons. The number of aryl methyl sites for hydroxylation is 1. The van der Waals surface area contributed by atoms with Gasteiger partial charge in [-0.05, 0) is 24.6 Å². The number of benzene rings is 1. The molecule has 0 saturated heterocycles. The van der Waals surface area contributed by atoms with Gasteiger partial charge < -0.3 is 10.1 Å². The lowest BCUT2D eigenvalue weighted by Crippen LogP contribution is -2.13. The summed E-state index contributed by atoms with van der Waals surface area (Å²) in [6.07, 6.45) is 1.04. The van der Waals surface area contributed by atoms with Crippen molar-refractivity contribution in [3.05, 3.63) is 51.7 Å². The molecule has 0 aliphatic heterocycles. The summed E-state index contributed by atoms with van der Waals surface area (Å²) in [5.41, 5.74) is 0.736. The van der Waals surface area contributed by atoms with Crippen molar-refractivity contribution < 1.29 is 13.5 Å². The van der Waals surface area contributed by atoms with Crippen LogP contribution in [0.25, 0.3) is 0 Å². The number of rotatable bonds is 7. The van der Waals surface area contributed by atoms with Gasteiger partial charge >= 0.3 is 6.61 Å². The van der Waals surface area contributed by atoms with Gasteiger partial charge in [-0.25, -0.2) is 0 Å². The Balaban J connectivity index is 1.90. The zero-order chi connectivity index (χ0) is 14.4. The molecule has 1 aromatic carbocycles. The molecule has 0 aliphatic carbocycles. The average Bonchev–Trinajstić information content (AvgIpc) is 2.88. The Hall–Kier alpha value is -1.46. The van der Waals surface area contributed by atoms with Crippen LogP contribution in [0.15, 0.2) is 36.4 Å². The average molecular weight is 297 g/mol. The third kappa shape index (κ3) is 4.28. The number of thiophene rings is 1. The molecule has 0 spiro atoms. The van der Waals surface area contributed by atoms with Gasteiger partial charge in [-0.3, -0.25) is 0 Å². The van der Waals surface area contributed by atoms with Crippen molar-refractivity contribution >= 4 is 11.3 Å². The molecule has 1 heterocycles. The van der Waals surface area contributed by atoms with Gasteiger partial charge in [0.25, 0.3) is 0 Å². The van der Waals surface area contributed by atoms with Crippen molar-refractivity contribution in [2.24, 2.45) is 0 Å². The summed E-state index contributed by atoms with van der Waals surface area (Å²) in [6.45, 7) is 0.567. The van der Waals surface area contributed by atoms with Crippen LogP contribution in [-0.4, -0.2) is 6.61 Å². The molecule has 20 heavy (non-hydrogen) atoms. The maximum atomic E-state index is 12.3. The molecule has 1 aromatic heterocycles. The van der Waals surface area contributed by atoms with Crippen LogP contribution >= 0.6 is 11.3 Å². The van der Waals surface area contributed by atoms with Gasteiger partial charge in [-0.1, -0.05) is 25.1 Å². The van der Waals surface area contributed by atoms with Crippen LogP contribution in [0.2, 0.25) is 0 Å². The molecule has 0 saturated carbocycles. The van der Waals surface area contributed by atoms with Gasteiger partial charge in [-0.15, -0.1) is 11.3 Å². The van der Waals surface area contributed by atoms with E-state index in [1.807, 2.05) is 6.07 Å². The first kappa shape index (κ1) is 14.9. The third-order valence-electron chi connectivity index (χ3n) is 2.87. The van der Waals surface area contributed by atoms with Crippen molar-refractivity contribution in [1.29, 1.82) is 0 Å². The zero-order valence-corrected chi connectivity index (χ0v) is 12.1. The van der Waals surface area contributed by atoms with E-state index >= 15 is 0 Å². The molecule has 0 radical (unpaired) electrons. The molecule has 2 nitrogen and oxygen atoms in total. The van der Waals surface area contributed by atoms with E-state index < -0.39 is 6.61 Å². The summed E-state index contributed by atoms with van der Waals surface area (Å²) in [5, 5.41) is 3.25. The van der Waals surface area contributed by atoms with Gasteiger partial charge in [0.15, 0.2) is 0 Å². The molecular weight excluding hydrogens is 280 g/mol. The summed E-state index contributed by atoms with van der Waals surface area (Å²) in [4.78, 5) is 2.59. The van der Waals surface area contributed by atoms with E-state index in [2.05, 4.69) is 29.1 Å². The van der Waals surface area contributed by atoms with E-state index in [4.69, 9.17) is 0 Å². The fraction of sp³-hybridized carbons (Fsp3) is 0.333. The lowest BCUT2D eigenvalue weighted by atomic mass is 10.2. The SMILES string of the molecule is CCc1ccc(CNCc2ccccc2OC(F)F)s1. The Morgan fingerprint density at radius 2 is 1.85 bits per heavy atom. The molecule has 0 bridgehead atoms. The predicted molar refractivity (Wildman–Crippen MR) is 77.3 cm³/mol. The maximum Gasteiger partial charge on any atom is 0.387 e. The molecule has 5 heteroatoms. The lowest BCUT2D eigenvalue weighted by molar-refractivity contribution is -0.0505. The number of hydrogen-bond donors (Lipinski definition) is 1. The smallest absolute Gasteiger partial charge is 0.387 e. The van der Waals surface area contributed by atoms with Crippen LogP contribution in [0.4, 0.5) is 8.78 Å². The van der Waals surface area contributed by atoms with Crippen LogP contribution in [0.1, 0.15) is 22.2 Å². The second kappa shape index (κ2) is 7.36. The van der Waals surface area contributed by atoms with Gasteiger partial charge in [0.1, 0.15) is 5.75 Å². The van der Waals surface area contributed by atoms with Crippen molar-refractivity contribution in [2.75, 3.05) is 0 Å². The molecule has 0 aliphatic rings. The third-order valence-corrected chi connectivity index (χ3v) is 4.10. The summed E-state index contributed by atoms with van der Waals surface area (Å²) in [5.74, 6) is 0.232. The highest BCUT2D eigenvalue weighted by Gasteiger charge is 2.08. The highest BCUT2D eigenvalue weighted by Crippen LogP contribution is 2.21. The second-order valence-electron chi connectivity index (χ2n) is 4.31. The minimum Gasteiger partial charge on any atom is -0.434 e. The fourth-order valence-corrected chi connectivity index (χ4v) is 2.82. The number of para-hydroxylation sites is 1. The van der Waals surface area contributed by atoms with Gasteiger partial charge in [0.2, 0.25) is 0 Å². The van der Waals surface area contributed by atoms with E-state index in [0.717, 1.165) is 18.5 Å². The normalized spacial score (nSPS) is 11.0. The highest BCUT2D eigenvalue weighted by molar-refractivity contribution is 7.11. The van der Waals surface area contributed by atoms with E-state index in [0.29, 0.717) is 6.54 Å². The van der Waals surface area contributed by atoms with E-state index in [1.54, 1.807) is 29.5 Å².